The van der Waals surface area contributed by atoms with Gasteiger partial charge >= 0.3 is 0 Å². The van der Waals surface area contributed by atoms with Gasteiger partial charge in [0.15, 0.2) is 0 Å². The maximum absolute atomic E-state index is 12.3. The van der Waals surface area contributed by atoms with Gasteiger partial charge in [0, 0.05) is 24.4 Å². The van der Waals surface area contributed by atoms with E-state index in [2.05, 4.69) is 15.5 Å². The van der Waals surface area contributed by atoms with Crippen LogP contribution in [0.4, 0.5) is 5.69 Å². The smallest absolute Gasteiger partial charge is 0.251 e. The fourth-order valence-electron chi connectivity index (χ4n) is 2.39. The Bertz CT molecular complexity index is 1030. The third kappa shape index (κ3) is 4.35. The minimum atomic E-state index is -0.379. The summed E-state index contributed by atoms with van der Waals surface area (Å²) in [5.41, 5.74) is 0.735. The highest BCUT2D eigenvalue weighted by Gasteiger charge is 2.12. The van der Waals surface area contributed by atoms with E-state index in [0.717, 1.165) is 0 Å². The van der Waals surface area contributed by atoms with Gasteiger partial charge in [-0.3, -0.25) is 9.59 Å². The van der Waals surface area contributed by atoms with Crippen molar-refractivity contribution < 1.29 is 13.9 Å². The summed E-state index contributed by atoms with van der Waals surface area (Å²) in [5, 5.41) is 10.9. The molecule has 0 bridgehead atoms. The molecule has 9 heteroatoms. The van der Waals surface area contributed by atoms with Gasteiger partial charge in [-0.05, 0) is 24.3 Å². The summed E-state index contributed by atoms with van der Waals surface area (Å²) in [6.07, 6.45) is 2.12. The Balaban J connectivity index is 1.76. The molecule has 0 atom stereocenters. The molecule has 0 spiro atoms. The fraction of sp³-hybridized carbons (Fsp3) is 0.222. The third-order valence-corrected chi connectivity index (χ3v) is 4.04. The highest BCUT2D eigenvalue weighted by molar-refractivity contribution is 6.32. The van der Waals surface area contributed by atoms with E-state index in [-0.39, 0.29) is 18.0 Å². The minimum Gasteiger partial charge on any atom is -0.495 e. The Labute approximate surface area is 159 Å². The molecule has 0 radical (unpaired) electrons. The van der Waals surface area contributed by atoms with Crippen molar-refractivity contribution in [1.29, 1.82) is 0 Å². The molecule has 3 rings (SSSR count). The number of amides is 1. The molecule has 1 N–H and O–H groups in total. The zero-order valence-corrected chi connectivity index (χ0v) is 15.5. The molecule has 3 aromatic rings. The number of carbonyl (C=O) groups excluding carboxylic acids is 1. The fourth-order valence-corrected chi connectivity index (χ4v) is 2.65. The Hall–Kier alpha value is -3.13. The molecule has 27 heavy (non-hydrogen) atoms. The molecule has 1 amide bonds. The number of benzene rings is 1. The van der Waals surface area contributed by atoms with Crippen molar-refractivity contribution in [2.24, 2.45) is 0 Å². The second-order valence-electron chi connectivity index (χ2n) is 5.64. The number of pyridine rings is 1. The van der Waals surface area contributed by atoms with E-state index in [9.17, 15) is 9.59 Å². The van der Waals surface area contributed by atoms with E-state index in [0.29, 0.717) is 40.2 Å². The first-order chi connectivity index (χ1) is 13.0. The lowest BCUT2D eigenvalue weighted by molar-refractivity contribution is -0.116. The van der Waals surface area contributed by atoms with Crippen molar-refractivity contribution in [3.05, 3.63) is 57.8 Å². The van der Waals surface area contributed by atoms with Crippen LogP contribution in [0, 0.1) is 0 Å². The van der Waals surface area contributed by atoms with Crippen LogP contribution >= 0.6 is 11.6 Å². The topological polar surface area (TPSA) is 99.2 Å². The Morgan fingerprint density at radius 3 is 2.78 bits per heavy atom. The van der Waals surface area contributed by atoms with E-state index < -0.39 is 0 Å². The molecule has 2 heterocycles. The first-order valence-corrected chi connectivity index (χ1v) is 8.54. The van der Waals surface area contributed by atoms with Gasteiger partial charge in [0.25, 0.3) is 5.56 Å². The average Bonchev–Trinajstić information content (AvgIpc) is 3.13. The van der Waals surface area contributed by atoms with Gasteiger partial charge in [0.1, 0.15) is 12.3 Å². The maximum Gasteiger partial charge on any atom is 0.251 e. The van der Waals surface area contributed by atoms with Crippen molar-refractivity contribution in [2.45, 2.75) is 19.9 Å². The lowest BCUT2D eigenvalue weighted by Crippen LogP contribution is -2.26. The molecule has 0 aliphatic rings. The van der Waals surface area contributed by atoms with Gasteiger partial charge in [-0.15, -0.1) is 10.2 Å². The van der Waals surface area contributed by atoms with Crippen molar-refractivity contribution >= 4 is 23.2 Å². The van der Waals surface area contributed by atoms with Gasteiger partial charge in [0.05, 0.1) is 17.7 Å². The molecule has 0 fully saturated rings. The predicted octanol–water partition coefficient (Wildman–Crippen LogP) is 2.76. The molecule has 0 unspecified atom stereocenters. The molecule has 0 saturated carbocycles. The number of anilines is 1. The molecule has 0 aliphatic carbocycles. The number of ether oxygens (including phenoxy) is 1. The highest BCUT2D eigenvalue weighted by atomic mass is 35.5. The molecular formula is C18H17ClN4O4. The zero-order valence-electron chi connectivity index (χ0n) is 14.7. The molecule has 0 aliphatic heterocycles. The van der Waals surface area contributed by atoms with Crippen molar-refractivity contribution in [2.75, 3.05) is 12.4 Å². The lowest BCUT2D eigenvalue weighted by atomic mass is 10.2. The normalized spacial score (nSPS) is 10.6. The van der Waals surface area contributed by atoms with Crippen LogP contribution in [0.1, 0.15) is 12.8 Å². The summed E-state index contributed by atoms with van der Waals surface area (Å²) in [6, 6.07) is 7.80. The van der Waals surface area contributed by atoms with Gasteiger partial charge < -0.3 is 19.0 Å². The molecule has 0 saturated heterocycles. The zero-order chi connectivity index (χ0) is 19.4. The Kier molecular flexibility index (Phi) is 5.56. The standard InChI is InChI=1S/C18H17ClN4O4/c1-3-16-21-22-18(27-16)11-4-7-17(25)23(9-11)10-15(24)20-12-5-6-14(26-2)13(19)8-12/h4-9H,3,10H2,1-2H3,(H,20,24). The Morgan fingerprint density at radius 1 is 1.30 bits per heavy atom. The van der Waals surface area contributed by atoms with E-state index in [4.69, 9.17) is 20.8 Å². The molecule has 8 nitrogen and oxygen atoms in total. The van der Waals surface area contributed by atoms with Crippen molar-refractivity contribution in [1.82, 2.24) is 14.8 Å². The van der Waals surface area contributed by atoms with Gasteiger partial charge in [-0.25, -0.2) is 0 Å². The lowest BCUT2D eigenvalue weighted by Gasteiger charge is -2.10. The number of methoxy groups -OCH3 is 1. The molecule has 2 aromatic heterocycles. The second-order valence-corrected chi connectivity index (χ2v) is 6.04. The van der Waals surface area contributed by atoms with Gasteiger partial charge in [0.2, 0.25) is 17.7 Å². The molecule has 140 valence electrons. The van der Waals surface area contributed by atoms with Crippen LogP contribution in [0.5, 0.6) is 5.75 Å². The van der Waals surface area contributed by atoms with Crippen LogP contribution in [0.2, 0.25) is 5.02 Å². The maximum atomic E-state index is 12.3. The number of nitrogens with zero attached hydrogens (tertiary/aromatic N) is 3. The number of aromatic nitrogens is 3. The quantitative estimate of drug-likeness (QED) is 0.697. The number of hydrogen-bond acceptors (Lipinski definition) is 6. The van der Waals surface area contributed by atoms with Crippen LogP contribution < -0.4 is 15.6 Å². The number of hydrogen-bond donors (Lipinski definition) is 1. The van der Waals surface area contributed by atoms with E-state index >= 15 is 0 Å². The molecular weight excluding hydrogens is 372 g/mol. The predicted molar refractivity (Wildman–Crippen MR) is 100 cm³/mol. The third-order valence-electron chi connectivity index (χ3n) is 3.75. The second kappa shape index (κ2) is 8.05. The van der Waals surface area contributed by atoms with E-state index in [1.54, 1.807) is 24.3 Å². The van der Waals surface area contributed by atoms with E-state index in [1.807, 2.05) is 6.92 Å². The van der Waals surface area contributed by atoms with Crippen LogP contribution in [-0.2, 0) is 17.8 Å². The SMILES string of the molecule is CCc1nnc(-c2ccc(=O)n(CC(=O)Nc3ccc(OC)c(Cl)c3)c2)o1. The number of carbonyl (C=O) groups is 1. The summed E-state index contributed by atoms with van der Waals surface area (Å²) in [5.74, 6) is 0.916. The number of rotatable bonds is 6. The number of halogens is 1. The van der Waals surface area contributed by atoms with Crippen molar-refractivity contribution in [3.8, 4) is 17.2 Å². The summed E-state index contributed by atoms with van der Waals surface area (Å²) >= 11 is 6.05. The first kappa shape index (κ1) is 18.7. The number of aryl methyl sites for hydroxylation is 1. The summed E-state index contributed by atoms with van der Waals surface area (Å²) in [6.45, 7) is 1.72. The average molecular weight is 389 g/mol. The van der Waals surface area contributed by atoms with Gasteiger partial charge in [-0.2, -0.15) is 0 Å². The van der Waals surface area contributed by atoms with Crippen LogP contribution in [-0.4, -0.2) is 27.8 Å². The highest BCUT2D eigenvalue weighted by Crippen LogP contribution is 2.27. The molecule has 1 aromatic carbocycles. The summed E-state index contributed by atoms with van der Waals surface area (Å²) in [4.78, 5) is 24.4. The first-order valence-electron chi connectivity index (χ1n) is 8.16. The van der Waals surface area contributed by atoms with Crippen LogP contribution in [0.15, 0.2) is 45.7 Å². The monoisotopic (exact) mass is 388 g/mol. The van der Waals surface area contributed by atoms with Crippen LogP contribution in [0.3, 0.4) is 0 Å². The van der Waals surface area contributed by atoms with Crippen molar-refractivity contribution in [3.63, 3.8) is 0 Å². The number of nitrogens with one attached hydrogen (secondary N) is 1. The minimum absolute atomic E-state index is 0.176. The van der Waals surface area contributed by atoms with Gasteiger partial charge in [-0.1, -0.05) is 18.5 Å². The largest absolute Gasteiger partial charge is 0.495 e. The van der Waals surface area contributed by atoms with Crippen LogP contribution in [0.25, 0.3) is 11.5 Å². The van der Waals surface area contributed by atoms with E-state index in [1.165, 1.54) is 23.9 Å². The Morgan fingerprint density at radius 2 is 2.11 bits per heavy atom. The summed E-state index contributed by atoms with van der Waals surface area (Å²) < 4.78 is 11.8. The summed E-state index contributed by atoms with van der Waals surface area (Å²) in [7, 11) is 1.51.